The van der Waals surface area contributed by atoms with Crippen LogP contribution in [-0.2, 0) is 0 Å². The van der Waals surface area contributed by atoms with Gasteiger partial charge in [0, 0.05) is 17.8 Å². The first-order valence-corrected chi connectivity index (χ1v) is 7.70. The molecule has 0 radical (unpaired) electrons. The normalized spacial score (nSPS) is 11.2. The van der Waals surface area contributed by atoms with Crippen molar-refractivity contribution in [1.82, 2.24) is 19.9 Å². The van der Waals surface area contributed by atoms with E-state index < -0.39 is 0 Å². The van der Waals surface area contributed by atoms with E-state index in [2.05, 4.69) is 15.4 Å². The number of carbonyl (C=O) groups is 1. The number of amides is 1. The molecule has 3 rings (SSSR count). The van der Waals surface area contributed by atoms with Gasteiger partial charge in [-0.1, -0.05) is 30.3 Å². The average Bonchev–Trinajstić information content (AvgIpc) is 2.85. The molecular weight excluding hydrogens is 288 g/mol. The largest absolute Gasteiger partial charge is 0.350 e. The van der Waals surface area contributed by atoms with E-state index in [9.17, 15) is 4.79 Å². The maximum absolute atomic E-state index is 12.3. The van der Waals surface area contributed by atoms with Crippen molar-refractivity contribution >= 4 is 11.6 Å². The van der Waals surface area contributed by atoms with Crippen molar-refractivity contribution in [3.05, 3.63) is 53.5 Å². The van der Waals surface area contributed by atoms with Crippen LogP contribution in [0.3, 0.4) is 0 Å². The lowest BCUT2D eigenvalue weighted by Gasteiger charge is -2.11. The van der Waals surface area contributed by atoms with Gasteiger partial charge in [-0.05, 0) is 33.3 Å². The number of aromatic nitrogens is 3. The molecule has 0 fully saturated rings. The van der Waals surface area contributed by atoms with Crippen molar-refractivity contribution in [2.45, 2.75) is 33.7 Å². The molecule has 0 saturated heterocycles. The highest BCUT2D eigenvalue weighted by Crippen LogP contribution is 2.27. The zero-order chi connectivity index (χ0) is 16.6. The van der Waals surface area contributed by atoms with Gasteiger partial charge >= 0.3 is 0 Å². The van der Waals surface area contributed by atoms with Crippen molar-refractivity contribution in [3.8, 4) is 11.1 Å². The molecule has 0 aliphatic rings. The Hall–Kier alpha value is -2.69. The van der Waals surface area contributed by atoms with Gasteiger partial charge in [0.25, 0.3) is 5.91 Å². The zero-order valence-corrected chi connectivity index (χ0v) is 13.8. The summed E-state index contributed by atoms with van der Waals surface area (Å²) < 4.78 is 1.76. The monoisotopic (exact) mass is 308 g/mol. The highest BCUT2D eigenvalue weighted by Gasteiger charge is 2.18. The summed E-state index contributed by atoms with van der Waals surface area (Å²) in [5.74, 6) is -0.124. The van der Waals surface area contributed by atoms with Crippen molar-refractivity contribution in [2.24, 2.45) is 0 Å². The van der Waals surface area contributed by atoms with E-state index in [1.165, 1.54) is 0 Å². The molecule has 0 unspecified atom stereocenters. The van der Waals surface area contributed by atoms with E-state index in [0.29, 0.717) is 5.56 Å². The van der Waals surface area contributed by atoms with Crippen LogP contribution < -0.4 is 5.32 Å². The van der Waals surface area contributed by atoms with Gasteiger partial charge in [-0.2, -0.15) is 5.10 Å². The number of nitrogens with zero attached hydrogens (tertiary/aromatic N) is 3. The van der Waals surface area contributed by atoms with Crippen molar-refractivity contribution in [3.63, 3.8) is 0 Å². The van der Waals surface area contributed by atoms with E-state index in [0.717, 1.165) is 28.2 Å². The summed E-state index contributed by atoms with van der Waals surface area (Å²) in [6, 6.07) is 10.1. The first kappa shape index (κ1) is 15.2. The minimum Gasteiger partial charge on any atom is -0.350 e. The molecule has 3 aromatic rings. The smallest absolute Gasteiger partial charge is 0.254 e. The zero-order valence-electron chi connectivity index (χ0n) is 13.8. The standard InChI is InChI=1S/C18H20N4O/c1-11(2)20-18(23)15-10-19-17-16(14-8-6-5-7-9-14)12(3)21-22(17)13(15)4/h5-11H,1-4H3,(H,20,23). The topological polar surface area (TPSA) is 59.3 Å². The first-order valence-electron chi connectivity index (χ1n) is 7.70. The van der Waals surface area contributed by atoms with Gasteiger partial charge in [-0.15, -0.1) is 0 Å². The Bertz CT molecular complexity index is 866. The van der Waals surface area contributed by atoms with Gasteiger partial charge in [0.15, 0.2) is 5.65 Å². The van der Waals surface area contributed by atoms with Crippen LogP contribution >= 0.6 is 0 Å². The highest BCUT2D eigenvalue weighted by atomic mass is 16.1. The number of aryl methyl sites for hydroxylation is 2. The molecule has 0 saturated carbocycles. The van der Waals surface area contributed by atoms with Gasteiger partial charge in [0.2, 0.25) is 0 Å². The molecule has 5 heteroatoms. The van der Waals surface area contributed by atoms with Gasteiger partial charge in [0.1, 0.15) is 0 Å². The molecule has 2 heterocycles. The molecule has 118 valence electrons. The first-order chi connectivity index (χ1) is 11.0. The Morgan fingerprint density at radius 1 is 1.17 bits per heavy atom. The summed E-state index contributed by atoms with van der Waals surface area (Å²) in [4.78, 5) is 16.8. The predicted molar refractivity (Wildman–Crippen MR) is 90.5 cm³/mol. The fourth-order valence-corrected chi connectivity index (χ4v) is 2.71. The van der Waals surface area contributed by atoms with Crippen LogP contribution in [0.15, 0.2) is 36.5 Å². The van der Waals surface area contributed by atoms with E-state index >= 15 is 0 Å². The van der Waals surface area contributed by atoms with Crippen LogP contribution in [0.25, 0.3) is 16.8 Å². The molecule has 0 aliphatic heterocycles. The summed E-state index contributed by atoms with van der Waals surface area (Å²) in [5.41, 5.74) is 5.09. The van der Waals surface area contributed by atoms with Crippen LogP contribution in [0.2, 0.25) is 0 Å². The molecular formula is C18H20N4O. The maximum Gasteiger partial charge on any atom is 0.254 e. The Balaban J connectivity index is 2.16. The van der Waals surface area contributed by atoms with E-state index in [1.54, 1.807) is 10.7 Å². The Morgan fingerprint density at radius 2 is 1.87 bits per heavy atom. The predicted octanol–water partition coefficient (Wildman–Crippen LogP) is 3.15. The lowest BCUT2D eigenvalue weighted by atomic mass is 10.1. The molecule has 0 aliphatic carbocycles. The van der Waals surface area contributed by atoms with Crippen LogP contribution in [0.5, 0.6) is 0 Å². The van der Waals surface area contributed by atoms with Crippen molar-refractivity contribution in [1.29, 1.82) is 0 Å². The van der Waals surface area contributed by atoms with Gasteiger partial charge in [0.05, 0.1) is 17.0 Å². The SMILES string of the molecule is Cc1nn2c(C)c(C(=O)NC(C)C)cnc2c1-c1ccccc1. The van der Waals surface area contributed by atoms with Gasteiger partial charge in [-0.3, -0.25) is 4.79 Å². The second kappa shape index (κ2) is 5.83. The minimum absolute atomic E-state index is 0.0804. The molecule has 1 aromatic carbocycles. The highest BCUT2D eigenvalue weighted by molar-refractivity contribution is 5.95. The second-order valence-electron chi connectivity index (χ2n) is 5.95. The number of fused-ring (bicyclic) bond motifs is 1. The molecule has 0 bridgehead atoms. The third-order valence-electron chi connectivity index (χ3n) is 3.79. The molecule has 2 aromatic heterocycles. The van der Waals surface area contributed by atoms with Crippen LogP contribution in [-0.4, -0.2) is 26.5 Å². The van der Waals surface area contributed by atoms with Crippen molar-refractivity contribution in [2.75, 3.05) is 0 Å². The summed E-state index contributed by atoms with van der Waals surface area (Å²) in [5, 5.41) is 7.48. The number of carbonyl (C=O) groups excluding carboxylic acids is 1. The quantitative estimate of drug-likeness (QED) is 0.808. The van der Waals surface area contributed by atoms with Gasteiger partial charge < -0.3 is 5.32 Å². The third kappa shape index (κ3) is 2.70. The average molecular weight is 308 g/mol. The molecule has 5 nitrogen and oxygen atoms in total. The fourth-order valence-electron chi connectivity index (χ4n) is 2.71. The van der Waals surface area contributed by atoms with E-state index in [4.69, 9.17) is 0 Å². The van der Waals surface area contributed by atoms with Crippen LogP contribution in [0.4, 0.5) is 0 Å². The summed E-state index contributed by atoms with van der Waals surface area (Å²) in [6.45, 7) is 7.73. The van der Waals surface area contributed by atoms with E-state index in [-0.39, 0.29) is 11.9 Å². The summed E-state index contributed by atoms with van der Waals surface area (Å²) >= 11 is 0. The molecule has 23 heavy (non-hydrogen) atoms. The molecule has 0 atom stereocenters. The van der Waals surface area contributed by atoms with Crippen LogP contribution in [0.1, 0.15) is 35.6 Å². The third-order valence-corrected chi connectivity index (χ3v) is 3.79. The second-order valence-corrected chi connectivity index (χ2v) is 5.95. The van der Waals surface area contributed by atoms with Crippen molar-refractivity contribution < 1.29 is 4.79 Å². The molecule has 0 spiro atoms. The molecule has 1 N–H and O–H groups in total. The van der Waals surface area contributed by atoms with E-state index in [1.807, 2.05) is 58.0 Å². The number of nitrogens with one attached hydrogen (secondary N) is 1. The Morgan fingerprint density at radius 3 is 2.52 bits per heavy atom. The summed E-state index contributed by atoms with van der Waals surface area (Å²) in [7, 11) is 0. The number of hydrogen-bond donors (Lipinski definition) is 1. The Kier molecular flexibility index (Phi) is 3.86. The van der Waals surface area contributed by atoms with Crippen LogP contribution in [0, 0.1) is 13.8 Å². The number of hydrogen-bond acceptors (Lipinski definition) is 3. The number of rotatable bonds is 3. The lowest BCUT2D eigenvalue weighted by molar-refractivity contribution is 0.0941. The maximum atomic E-state index is 12.3. The fraction of sp³-hybridized carbons (Fsp3) is 0.278. The summed E-state index contributed by atoms with van der Waals surface area (Å²) in [6.07, 6.45) is 1.63. The molecule has 1 amide bonds. The minimum atomic E-state index is -0.124. The van der Waals surface area contributed by atoms with Gasteiger partial charge in [-0.25, -0.2) is 9.50 Å². The lowest BCUT2D eigenvalue weighted by Crippen LogP contribution is -2.31. The number of benzene rings is 1. The Labute approximate surface area is 135 Å².